The van der Waals surface area contributed by atoms with Crippen LogP contribution < -0.4 is 4.90 Å². The Balaban J connectivity index is 1.23. The highest BCUT2D eigenvalue weighted by Gasteiger charge is 2.24. The first-order chi connectivity index (χ1) is 15.2. The van der Waals surface area contributed by atoms with E-state index in [0.717, 1.165) is 46.1 Å². The van der Waals surface area contributed by atoms with E-state index in [0.29, 0.717) is 19.5 Å². The van der Waals surface area contributed by atoms with Gasteiger partial charge in [-0.25, -0.2) is 9.97 Å². The molecule has 4 heterocycles. The number of hydrogen-bond acceptors (Lipinski definition) is 6. The maximum atomic E-state index is 12.7. The van der Waals surface area contributed by atoms with E-state index in [1.807, 2.05) is 29.2 Å². The van der Waals surface area contributed by atoms with Gasteiger partial charge in [-0.15, -0.1) is 11.3 Å². The first kappa shape index (κ1) is 20.4. The van der Waals surface area contributed by atoms with E-state index >= 15 is 0 Å². The number of benzene rings is 1. The van der Waals surface area contributed by atoms with Crippen molar-refractivity contribution in [3.05, 3.63) is 64.1 Å². The van der Waals surface area contributed by atoms with Gasteiger partial charge in [0.25, 0.3) is 0 Å². The molecule has 1 aliphatic rings. The quantitative estimate of drug-likeness (QED) is 0.396. The zero-order valence-corrected chi connectivity index (χ0v) is 19.2. The number of hydrogen-bond donors (Lipinski definition) is 0. The number of amides is 1. The lowest BCUT2D eigenvalue weighted by Crippen LogP contribution is -2.49. The lowest BCUT2D eigenvalue weighted by atomic mass is 10.1. The van der Waals surface area contributed by atoms with Crippen LogP contribution in [0.2, 0.25) is 5.02 Å². The molecule has 31 heavy (non-hydrogen) atoms. The molecule has 0 aliphatic carbocycles. The molecule has 3 aromatic heterocycles. The van der Waals surface area contributed by atoms with Gasteiger partial charge in [-0.2, -0.15) is 11.3 Å². The molecule has 0 atom stereocenters. The van der Waals surface area contributed by atoms with Crippen molar-refractivity contribution >= 4 is 56.2 Å². The second-order valence-electron chi connectivity index (χ2n) is 7.53. The molecule has 0 unspecified atom stereocenters. The maximum Gasteiger partial charge on any atom is 0.223 e. The number of anilines is 1. The fraction of sp³-hybridized carbons (Fsp3) is 0.261. The van der Waals surface area contributed by atoms with Gasteiger partial charge in [0, 0.05) is 48.1 Å². The summed E-state index contributed by atoms with van der Waals surface area (Å²) in [6.07, 6.45) is 2.91. The molecule has 8 heteroatoms. The monoisotopic (exact) mass is 468 g/mol. The predicted molar refractivity (Wildman–Crippen MR) is 129 cm³/mol. The predicted octanol–water partition coefficient (Wildman–Crippen LogP) is 5.35. The molecule has 0 bridgehead atoms. The van der Waals surface area contributed by atoms with Crippen molar-refractivity contribution in [1.82, 2.24) is 14.9 Å². The highest BCUT2D eigenvalue weighted by atomic mass is 35.5. The summed E-state index contributed by atoms with van der Waals surface area (Å²) in [6, 6.07) is 12.0. The topological polar surface area (TPSA) is 49.3 Å². The number of aryl methyl sites for hydroxylation is 1. The van der Waals surface area contributed by atoms with Crippen LogP contribution in [-0.4, -0.2) is 47.0 Å². The van der Waals surface area contributed by atoms with Crippen molar-refractivity contribution in [2.75, 3.05) is 31.1 Å². The first-order valence-electron chi connectivity index (χ1n) is 10.2. The van der Waals surface area contributed by atoms with Crippen LogP contribution in [0, 0.1) is 0 Å². The SMILES string of the molecule is O=C(CCc1ccc(Cl)cc1)N1CCN(c2ncnc3cc(-c4ccsc4)sc23)CC1. The summed E-state index contributed by atoms with van der Waals surface area (Å²) in [5.41, 5.74) is 3.35. The van der Waals surface area contributed by atoms with Crippen molar-refractivity contribution < 1.29 is 4.79 Å². The average molecular weight is 469 g/mol. The second-order valence-corrected chi connectivity index (χ2v) is 9.80. The zero-order chi connectivity index (χ0) is 21.2. The van der Waals surface area contributed by atoms with E-state index < -0.39 is 0 Å². The number of aromatic nitrogens is 2. The fourth-order valence-electron chi connectivity index (χ4n) is 3.84. The van der Waals surface area contributed by atoms with Gasteiger partial charge in [0.1, 0.15) is 12.1 Å². The number of fused-ring (bicyclic) bond motifs is 1. The number of thiophene rings is 2. The lowest BCUT2D eigenvalue weighted by molar-refractivity contribution is -0.131. The molecule has 5 nitrogen and oxygen atoms in total. The number of piperazine rings is 1. The van der Waals surface area contributed by atoms with Gasteiger partial charge in [0.15, 0.2) is 0 Å². The molecule has 0 N–H and O–H groups in total. The Hall–Kier alpha value is -2.48. The van der Waals surface area contributed by atoms with Crippen LogP contribution >= 0.6 is 34.3 Å². The minimum absolute atomic E-state index is 0.207. The number of halogens is 1. The van der Waals surface area contributed by atoms with Crippen molar-refractivity contribution in [2.45, 2.75) is 12.8 Å². The Labute approximate surface area is 193 Å². The van der Waals surface area contributed by atoms with E-state index in [1.165, 1.54) is 10.4 Å². The Bertz CT molecular complexity index is 1180. The summed E-state index contributed by atoms with van der Waals surface area (Å²) in [6.45, 7) is 3.00. The van der Waals surface area contributed by atoms with E-state index in [2.05, 4.69) is 37.8 Å². The Kier molecular flexibility index (Phi) is 5.89. The maximum absolute atomic E-state index is 12.7. The minimum atomic E-state index is 0.207. The molecule has 1 fully saturated rings. The van der Waals surface area contributed by atoms with Crippen molar-refractivity contribution in [3.63, 3.8) is 0 Å². The normalized spacial score (nSPS) is 14.4. The number of carbonyl (C=O) groups excluding carboxylic acids is 1. The summed E-state index contributed by atoms with van der Waals surface area (Å²) >= 11 is 9.37. The number of nitrogens with zero attached hydrogens (tertiary/aromatic N) is 4. The third-order valence-electron chi connectivity index (χ3n) is 5.57. The van der Waals surface area contributed by atoms with Crippen molar-refractivity contribution in [1.29, 1.82) is 0 Å². The van der Waals surface area contributed by atoms with Crippen molar-refractivity contribution in [3.8, 4) is 10.4 Å². The molecule has 1 aliphatic heterocycles. The van der Waals surface area contributed by atoms with Gasteiger partial charge >= 0.3 is 0 Å². The molecule has 0 radical (unpaired) electrons. The van der Waals surface area contributed by atoms with Crippen LogP contribution in [0.15, 0.2) is 53.5 Å². The molecule has 158 valence electrons. The fourth-order valence-corrected chi connectivity index (χ4v) is 5.82. The van der Waals surface area contributed by atoms with Gasteiger partial charge in [-0.1, -0.05) is 23.7 Å². The van der Waals surface area contributed by atoms with Crippen LogP contribution in [0.5, 0.6) is 0 Å². The molecule has 5 rings (SSSR count). The van der Waals surface area contributed by atoms with Gasteiger partial charge in [0.05, 0.1) is 10.2 Å². The van der Waals surface area contributed by atoms with E-state index in [1.54, 1.807) is 29.0 Å². The molecular weight excluding hydrogens is 448 g/mol. The van der Waals surface area contributed by atoms with E-state index in [4.69, 9.17) is 11.6 Å². The van der Waals surface area contributed by atoms with E-state index in [9.17, 15) is 4.79 Å². The van der Waals surface area contributed by atoms with Crippen LogP contribution in [0.1, 0.15) is 12.0 Å². The molecule has 1 saturated heterocycles. The van der Waals surface area contributed by atoms with Crippen molar-refractivity contribution in [2.24, 2.45) is 0 Å². The minimum Gasteiger partial charge on any atom is -0.352 e. The second kappa shape index (κ2) is 8.94. The molecule has 1 amide bonds. The molecular formula is C23H21ClN4OS2. The zero-order valence-electron chi connectivity index (χ0n) is 16.8. The Morgan fingerprint density at radius 2 is 1.87 bits per heavy atom. The summed E-state index contributed by atoms with van der Waals surface area (Å²) in [5, 5.41) is 4.97. The first-order valence-corrected chi connectivity index (χ1v) is 12.4. The largest absolute Gasteiger partial charge is 0.352 e. The highest BCUT2D eigenvalue weighted by molar-refractivity contribution is 7.23. The molecule has 1 aromatic carbocycles. The van der Waals surface area contributed by atoms with Gasteiger partial charge in [-0.3, -0.25) is 4.79 Å². The number of rotatable bonds is 5. The number of carbonyl (C=O) groups is 1. The summed E-state index contributed by atoms with van der Waals surface area (Å²) in [7, 11) is 0. The highest BCUT2D eigenvalue weighted by Crippen LogP contribution is 2.37. The third-order valence-corrected chi connectivity index (χ3v) is 7.68. The van der Waals surface area contributed by atoms with Crippen LogP contribution in [0.25, 0.3) is 20.7 Å². The Morgan fingerprint density at radius 1 is 1.06 bits per heavy atom. The smallest absolute Gasteiger partial charge is 0.223 e. The van der Waals surface area contributed by atoms with Crippen LogP contribution in [0.3, 0.4) is 0 Å². The average Bonchev–Trinajstić information content (AvgIpc) is 3.48. The Morgan fingerprint density at radius 3 is 2.61 bits per heavy atom. The molecule has 4 aromatic rings. The molecule has 0 saturated carbocycles. The molecule has 0 spiro atoms. The summed E-state index contributed by atoms with van der Waals surface area (Å²) in [4.78, 5) is 27.2. The van der Waals surface area contributed by atoms with Gasteiger partial charge < -0.3 is 9.80 Å². The van der Waals surface area contributed by atoms with Crippen LogP contribution in [-0.2, 0) is 11.2 Å². The summed E-state index contributed by atoms with van der Waals surface area (Å²) < 4.78 is 1.12. The third kappa shape index (κ3) is 4.44. The standard InChI is InChI=1S/C23H21ClN4OS2/c24-18-4-1-16(2-5-18)3-6-21(29)27-8-10-28(11-9-27)23-22-19(25-15-26-23)13-20(31-22)17-7-12-30-14-17/h1-2,4-5,7,12-15H,3,6,8-11H2. The van der Waals surface area contributed by atoms with Gasteiger partial charge in [0.2, 0.25) is 5.91 Å². The van der Waals surface area contributed by atoms with Gasteiger partial charge in [-0.05, 0) is 47.0 Å². The summed E-state index contributed by atoms with van der Waals surface area (Å²) in [5.74, 6) is 1.18. The van der Waals surface area contributed by atoms with E-state index in [-0.39, 0.29) is 5.91 Å². The lowest BCUT2D eigenvalue weighted by Gasteiger charge is -2.35. The van der Waals surface area contributed by atoms with Crippen LogP contribution in [0.4, 0.5) is 5.82 Å².